The zero-order chi connectivity index (χ0) is 19.0. The average molecular weight is 387 g/mol. The summed E-state index contributed by atoms with van der Waals surface area (Å²) < 4.78 is 33.3. The first kappa shape index (κ1) is 17.8. The summed E-state index contributed by atoms with van der Waals surface area (Å²) in [6.07, 6.45) is 2.18. The van der Waals surface area contributed by atoms with Gasteiger partial charge in [0.25, 0.3) is 0 Å². The molecule has 0 spiro atoms. The average Bonchev–Trinajstić information content (AvgIpc) is 3.47. The number of nitrogens with one attached hydrogen (secondary N) is 2. The van der Waals surface area contributed by atoms with E-state index in [1.165, 1.54) is 6.92 Å². The van der Waals surface area contributed by atoms with Crippen LogP contribution in [0.4, 0.5) is 5.69 Å². The smallest absolute Gasteiger partial charge is 0.244 e. The lowest BCUT2D eigenvalue weighted by atomic mass is 10.2. The van der Waals surface area contributed by atoms with Crippen LogP contribution in [0.5, 0.6) is 11.5 Å². The predicted molar refractivity (Wildman–Crippen MR) is 101 cm³/mol. The molecule has 7 nitrogen and oxygen atoms in total. The Bertz CT molecular complexity index is 969. The van der Waals surface area contributed by atoms with Crippen LogP contribution in [-0.2, 0) is 21.4 Å². The van der Waals surface area contributed by atoms with Crippen molar-refractivity contribution >= 4 is 21.6 Å². The maximum Gasteiger partial charge on any atom is 0.244 e. The van der Waals surface area contributed by atoms with Gasteiger partial charge in [0.1, 0.15) is 16.4 Å². The van der Waals surface area contributed by atoms with Crippen molar-refractivity contribution in [1.29, 1.82) is 0 Å². The third-order valence-electron chi connectivity index (χ3n) is 4.64. The van der Waals surface area contributed by atoms with E-state index >= 15 is 0 Å². The SMILES string of the molecule is CC(=O)NCc1ccc(Oc2ccc3c(c2)S(=O)(=O)NCN3C2CC2)cc1. The van der Waals surface area contributed by atoms with Crippen molar-refractivity contribution in [3.63, 3.8) is 0 Å². The van der Waals surface area contributed by atoms with Gasteiger partial charge in [0.2, 0.25) is 15.9 Å². The first-order valence-electron chi connectivity index (χ1n) is 8.84. The van der Waals surface area contributed by atoms with E-state index in [2.05, 4.69) is 14.9 Å². The fourth-order valence-corrected chi connectivity index (χ4v) is 4.27. The Morgan fingerprint density at radius 2 is 1.89 bits per heavy atom. The number of hydrogen-bond donors (Lipinski definition) is 2. The zero-order valence-corrected chi connectivity index (χ0v) is 15.8. The molecule has 2 N–H and O–H groups in total. The summed E-state index contributed by atoms with van der Waals surface area (Å²) >= 11 is 0. The maximum atomic E-state index is 12.4. The van der Waals surface area contributed by atoms with Crippen LogP contribution in [0.15, 0.2) is 47.4 Å². The van der Waals surface area contributed by atoms with Gasteiger partial charge in [0.15, 0.2) is 0 Å². The van der Waals surface area contributed by atoms with Crippen LogP contribution in [0.3, 0.4) is 0 Å². The number of amides is 1. The molecule has 0 bridgehead atoms. The summed E-state index contributed by atoms with van der Waals surface area (Å²) in [5.41, 5.74) is 1.68. The summed E-state index contributed by atoms with van der Waals surface area (Å²) in [5, 5.41) is 2.73. The number of rotatable bonds is 5. The molecular formula is C19H21N3O4S. The second-order valence-electron chi connectivity index (χ2n) is 6.79. The molecule has 27 heavy (non-hydrogen) atoms. The molecule has 1 aliphatic heterocycles. The molecular weight excluding hydrogens is 366 g/mol. The van der Waals surface area contributed by atoms with Crippen LogP contribution in [0.2, 0.25) is 0 Å². The zero-order valence-electron chi connectivity index (χ0n) is 14.9. The van der Waals surface area contributed by atoms with E-state index in [0.29, 0.717) is 30.8 Å². The third-order valence-corrected chi connectivity index (χ3v) is 6.06. The van der Waals surface area contributed by atoms with Crippen LogP contribution < -0.4 is 19.7 Å². The number of nitrogens with zero attached hydrogens (tertiary/aromatic N) is 1. The number of carbonyl (C=O) groups is 1. The van der Waals surface area contributed by atoms with Crippen molar-refractivity contribution in [3.05, 3.63) is 48.0 Å². The number of sulfonamides is 1. The fraction of sp³-hybridized carbons (Fsp3) is 0.316. The Morgan fingerprint density at radius 3 is 2.56 bits per heavy atom. The number of hydrogen-bond acceptors (Lipinski definition) is 5. The van der Waals surface area contributed by atoms with Crippen LogP contribution in [0, 0.1) is 0 Å². The molecule has 2 aromatic carbocycles. The molecule has 8 heteroatoms. The van der Waals surface area contributed by atoms with Gasteiger partial charge in [-0.25, -0.2) is 8.42 Å². The Morgan fingerprint density at radius 1 is 1.19 bits per heavy atom. The summed E-state index contributed by atoms with van der Waals surface area (Å²) in [5.74, 6) is 0.979. The lowest BCUT2D eigenvalue weighted by molar-refractivity contribution is -0.119. The number of fused-ring (bicyclic) bond motifs is 1. The van der Waals surface area contributed by atoms with Gasteiger partial charge in [-0.1, -0.05) is 12.1 Å². The minimum atomic E-state index is -3.53. The van der Waals surface area contributed by atoms with E-state index in [1.54, 1.807) is 24.3 Å². The van der Waals surface area contributed by atoms with Gasteiger partial charge in [0, 0.05) is 25.6 Å². The van der Waals surface area contributed by atoms with Gasteiger partial charge < -0.3 is 15.0 Å². The summed E-state index contributed by atoms with van der Waals surface area (Å²) in [6.45, 7) is 2.24. The highest BCUT2D eigenvalue weighted by atomic mass is 32.2. The molecule has 142 valence electrons. The molecule has 0 saturated heterocycles. The first-order chi connectivity index (χ1) is 12.9. The molecule has 1 saturated carbocycles. The van der Waals surface area contributed by atoms with E-state index in [0.717, 1.165) is 24.1 Å². The Kier molecular flexibility index (Phi) is 4.53. The highest BCUT2D eigenvalue weighted by Gasteiger charge is 2.36. The van der Waals surface area contributed by atoms with Gasteiger partial charge in [-0.05, 0) is 42.7 Å². The van der Waals surface area contributed by atoms with E-state index < -0.39 is 10.0 Å². The summed E-state index contributed by atoms with van der Waals surface area (Å²) in [7, 11) is -3.53. The number of benzene rings is 2. The largest absolute Gasteiger partial charge is 0.457 e. The lowest BCUT2D eigenvalue weighted by Crippen LogP contribution is -2.44. The van der Waals surface area contributed by atoms with Gasteiger partial charge in [-0.15, -0.1) is 0 Å². The van der Waals surface area contributed by atoms with Crippen LogP contribution in [0.25, 0.3) is 0 Å². The first-order valence-corrected chi connectivity index (χ1v) is 10.3. The Hall–Kier alpha value is -2.58. The quantitative estimate of drug-likeness (QED) is 0.822. The molecule has 1 amide bonds. The number of ether oxygens (including phenoxy) is 1. The Labute approximate surface area is 158 Å². The fourth-order valence-electron chi connectivity index (χ4n) is 3.08. The number of anilines is 1. The van der Waals surface area contributed by atoms with E-state index in [9.17, 15) is 13.2 Å². The van der Waals surface area contributed by atoms with Crippen LogP contribution in [0.1, 0.15) is 25.3 Å². The molecule has 0 atom stereocenters. The van der Waals surface area contributed by atoms with Gasteiger partial charge in [-0.3, -0.25) is 4.79 Å². The monoisotopic (exact) mass is 387 g/mol. The third kappa shape index (κ3) is 3.91. The molecule has 1 aliphatic carbocycles. The normalized spacial score (nSPS) is 17.9. The molecule has 1 heterocycles. The van der Waals surface area contributed by atoms with Crippen molar-refractivity contribution in [3.8, 4) is 11.5 Å². The van der Waals surface area contributed by atoms with Crippen molar-refractivity contribution in [1.82, 2.24) is 10.0 Å². The highest BCUT2D eigenvalue weighted by Crippen LogP contribution is 2.39. The molecule has 0 radical (unpaired) electrons. The minimum absolute atomic E-state index is 0.0838. The van der Waals surface area contributed by atoms with Crippen molar-refractivity contribution in [2.24, 2.45) is 0 Å². The molecule has 4 rings (SSSR count). The molecule has 0 unspecified atom stereocenters. The van der Waals surface area contributed by atoms with Crippen molar-refractivity contribution in [2.75, 3.05) is 11.6 Å². The second-order valence-corrected chi connectivity index (χ2v) is 8.53. The van der Waals surface area contributed by atoms with Crippen LogP contribution >= 0.6 is 0 Å². The summed E-state index contributed by atoms with van der Waals surface area (Å²) in [6, 6.07) is 12.9. The van der Waals surface area contributed by atoms with Crippen molar-refractivity contribution < 1.29 is 17.9 Å². The van der Waals surface area contributed by atoms with Crippen molar-refractivity contribution in [2.45, 2.75) is 37.2 Å². The summed E-state index contributed by atoms with van der Waals surface area (Å²) in [4.78, 5) is 13.3. The predicted octanol–water partition coefficient (Wildman–Crippen LogP) is 2.33. The van der Waals surface area contributed by atoms with E-state index in [4.69, 9.17) is 4.74 Å². The lowest BCUT2D eigenvalue weighted by Gasteiger charge is -2.31. The standard InChI is InChI=1S/C19H21N3O4S/c1-13(23)20-11-14-2-6-16(7-3-14)26-17-8-9-18-19(10-17)27(24,25)21-12-22(18)15-4-5-15/h2-3,6-10,15,21H,4-5,11-12H2,1H3,(H,20,23). The minimum Gasteiger partial charge on any atom is -0.457 e. The highest BCUT2D eigenvalue weighted by molar-refractivity contribution is 7.89. The molecule has 1 fully saturated rings. The van der Waals surface area contributed by atoms with Gasteiger partial charge in [0.05, 0.1) is 12.4 Å². The molecule has 2 aliphatic rings. The van der Waals surface area contributed by atoms with Crippen LogP contribution in [-0.4, -0.2) is 27.0 Å². The van der Waals surface area contributed by atoms with E-state index in [-0.39, 0.29) is 10.8 Å². The van der Waals surface area contributed by atoms with Gasteiger partial charge >= 0.3 is 0 Å². The maximum absolute atomic E-state index is 12.4. The molecule has 0 aromatic heterocycles. The molecule has 2 aromatic rings. The Balaban J connectivity index is 1.54. The topological polar surface area (TPSA) is 87.7 Å². The number of carbonyl (C=O) groups excluding carboxylic acids is 1. The van der Waals surface area contributed by atoms with E-state index in [1.807, 2.05) is 18.2 Å². The second kappa shape index (κ2) is 6.86. The van der Waals surface area contributed by atoms with Gasteiger partial charge in [-0.2, -0.15) is 4.72 Å².